The summed E-state index contributed by atoms with van der Waals surface area (Å²) >= 11 is 5.73. The Hall–Kier alpha value is -2.28. The van der Waals surface area contributed by atoms with Gasteiger partial charge in [0.1, 0.15) is 0 Å². The molecule has 0 N–H and O–H groups in total. The van der Waals surface area contributed by atoms with Gasteiger partial charge in [0.25, 0.3) is 5.91 Å². The second-order valence-corrected chi connectivity index (χ2v) is 6.94. The van der Waals surface area contributed by atoms with Crippen LogP contribution in [0.15, 0.2) is 29.2 Å². The van der Waals surface area contributed by atoms with E-state index in [0.29, 0.717) is 45.7 Å². The highest BCUT2D eigenvalue weighted by molar-refractivity contribution is 6.29. The Balaban J connectivity index is 1.58. The van der Waals surface area contributed by atoms with Gasteiger partial charge in [-0.05, 0) is 30.2 Å². The smallest absolute Gasteiger partial charge is 0.289 e. The summed E-state index contributed by atoms with van der Waals surface area (Å²) in [5, 5.41) is 0.176. The lowest BCUT2D eigenvalue weighted by Crippen LogP contribution is -2.40. The molecular weight excluding hydrogens is 358 g/mol. The molecule has 0 saturated carbocycles. The van der Waals surface area contributed by atoms with Gasteiger partial charge in [0.2, 0.25) is 11.8 Å². The van der Waals surface area contributed by atoms with Gasteiger partial charge in [-0.3, -0.25) is 14.4 Å². The average molecular weight is 380 g/mol. The first-order valence-electron chi connectivity index (χ1n) is 8.71. The van der Waals surface area contributed by atoms with Gasteiger partial charge < -0.3 is 19.1 Å². The van der Waals surface area contributed by atoms with E-state index in [9.17, 15) is 14.4 Å². The molecule has 0 bridgehead atoms. The summed E-state index contributed by atoms with van der Waals surface area (Å²) in [5.41, 5.74) is 0. The van der Waals surface area contributed by atoms with Gasteiger partial charge in [-0.1, -0.05) is 6.08 Å². The predicted molar refractivity (Wildman–Crippen MR) is 95.7 cm³/mol. The Kier molecular flexibility index (Phi) is 5.66. The van der Waals surface area contributed by atoms with Crippen LogP contribution in [0.3, 0.4) is 0 Å². The van der Waals surface area contributed by atoms with Crippen LogP contribution in [0.1, 0.15) is 23.4 Å². The van der Waals surface area contributed by atoms with Crippen LogP contribution in [0.2, 0.25) is 5.22 Å². The van der Waals surface area contributed by atoms with Gasteiger partial charge in [0.05, 0.1) is 5.92 Å². The largest absolute Gasteiger partial charge is 0.440 e. The Labute approximate surface area is 157 Å². The quantitative estimate of drug-likeness (QED) is 0.745. The van der Waals surface area contributed by atoms with E-state index in [1.54, 1.807) is 26.8 Å². The number of likely N-dealkylation sites (tertiary alicyclic amines) is 1. The first-order valence-corrected chi connectivity index (χ1v) is 9.09. The van der Waals surface area contributed by atoms with Crippen molar-refractivity contribution >= 4 is 29.3 Å². The van der Waals surface area contributed by atoms with Gasteiger partial charge in [0, 0.05) is 45.7 Å². The number of furan rings is 1. The standard InChI is InChI=1S/C18H22ClN3O4/c1-2-6-22-12-13(11-16(22)23)17(24)20-7-3-8-21(10-9-20)18(25)14-4-5-15(19)26-14/h2,4-5,13H,1,3,6-12H2. The fourth-order valence-electron chi connectivity index (χ4n) is 3.45. The lowest BCUT2D eigenvalue weighted by Gasteiger charge is -2.24. The summed E-state index contributed by atoms with van der Waals surface area (Å²) in [6, 6.07) is 3.09. The van der Waals surface area contributed by atoms with Crippen molar-refractivity contribution in [2.24, 2.45) is 5.92 Å². The predicted octanol–water partition coefficient (Wildman–Crippen LogP) is 1.64. The second kappa shape index (κ2) is 7.95. The molecular formula is C18H22ClN3O4. The highest BCUT2D eigenvalue weighted by Crippen LogP contribution is 2.21. The number of rotatable bonds is 4. The zero-order chi connectivity index (χ0) is 18.7. The molecule has 8 heteroatoms. The maximum Gasteiger partial charge on any atom is 0.289 e. The normalized spacial score (nSPS) is 21.0. The van der Waals surface area contributed by atoms with E-state index >= 15 is 0 Å². The molecule has 1 atom stereocenters. The van der Waals surface area contributed by atoms with Crippen LogP contribution in [-0.4, -0.2) is 71.7 Å². The molecule has 0 aliphatic carbocycles. The summed E-state index contributed by atoms with van der Waals surface area (Å²) in [4.78, 5) is 42.3. The molecule has 1 aromatic rings. The molecule has 7 nitrogen and oxygen atoms in total. The zero-order valence-electron chi connectivity index (χ0n) is 14.5. The Morgan fingerprint density at radius 1 is 1.23 bits per heavy atom. The molecule has 2 aliphatic heterocycles. The molecule has 3 amide bonds. The van der Waals surface area contributed by atoms with E-state index in [1.165, 1.54) is 6.07 Å². The van der Waals surface area contributed by atoms with Crippen LogP contribution in [0.5, 0.6) is 0 Å². The summed E-state index contributed by atoms with van der Waals surface area (Å²) in [6.07, 6.45) is 2.60. The van der Waals surface area contributed by atoms with Crippen molar-refractivity contribution in [3.8, 4) is 0 Å². The molecule has 0 radical (unpaired) electrons. The zero-order valence-corrected chi connectivity index (χ0v) is 15.3. The minimum Gasteiger partial charge on any atom is -0.440 e. The third-order valence-corrected chi connectivity index (χ3v) is 5.00. The maximum absolute atomic E-state index is 12.8. The van der Waals surface area contributed by atoms with E-state index in [0.717, 1.165) is 0 Å². The highest BCUT2D eigenvalue weighted by Gasteiger charge is 2.36. The van der Waals surface area contributed by atoms with Gasteiger partial charge >= 0.3 is 0 Å². The summed E-state index contributed by atoms with van der Waals surface area (Å²) < 4.78 is 5.18. The van der Waals surface area contributed by atoms with Gasteiger partial charge in [0.15, 0.2) is 11.0 Å². The monoisotopic (exact) mass is 379 g/mol. The highest BCUT2D eigenvalue weighted by atomic mass is 35.5. The molecule has 140 valence electrons. The molecule has 2 aliphatic rings. The van der Waals surface area contributed by atoms with E-state index < -0.39 is 0 Å². The molecule has 0 spiro atoms. The molecule has 26 heavy (non-hydrogen) atoms. The number of hydrogen-bond acceptors (Lipinski definition) is 4. The molecule has 0 aromatic carbocycles. The number of hydrogen-bond donors (Lipinski definition) is 0. The first kappa shape index (κ1) is 18.5. The van der Waals surface area contributed by atoms with Crippen LogP contribution in [0, 0.1) is 5.92 Å². The number of carbonyl (C=O) groups excluding carboxylic acids is 3. The van der Waals surface area contributed by atoms with Crippen molar-refractivity contribution in [2.45, 2.75) is 12.8 Å². The third kappa shape index (κ3) is 3.93. The number of nitrogens with zero attached hydrogens (tertiary/aromatic N) is 3. The Morgan fingerprint density at radius 2 is 1.96 bits per heavy atom. The van der Waals surface area contributed by atoms with Crippen LogP contribution < -0.4 is 0 Å². The summed E-state index contributed by atoms with van der Waals surface area (Å²) in [7, 11) is 0. The Morgan fingerprint density at radius 3 is 2.65 bits per heavy atom. The molecule has 2 fully saturated rings. The average Bonchev–Trinajstić information content (AvgIpc) is 3.12. The lowest BCUT2D eigenvalue weighted by molar-refractivity contribution is -0.135. The summed E-state index contributed by atoms with van der Waals surface area (Å²) in [6.45, 7) is 6.55. The number of amides is 3. The van der Waals surface area contributed by atoms with Crippen molar-refractivity contribution in [3.05, 3.63) is 35.8 Å². The van der Waals surface area contributed by atoms with Crippen molar-refractivity contribution in [2.75, 3.05) is 39.3 Å². The van der Waals surface area contributed by atoms with Crippen LogP contribution in [0.4, 0.5) is 0 Å². The lowest BCUT2D eigenvalue weighted by atomic mass is 10.1. The van der Waals surface area contributed by atoms with Crippen molar-refractivity contribution < 1.29 is 18.8 Å². The van der Waals surface area contributed by atoms with E-state index in [-0.39, 0.29) is 41.0 Å². The first-order chi connectivity index (χ1) is 12.5. The topological polar surface area (TPSA) is 74.1 Å². The summed E-state index contributed by atoms with van der Waals surface area (Å²) in [5.74, 6) is -0.353. The maximum atomic E-state index is 12.8. The van der Waals surface area contributed by atoms with E-state index in [4.69, 9.17) is 16.0 Å². The molecule has 2 saturated heterocycles. The van der Waals surface area contributed by atoms with Crippen molar-refractivity contribution in [1.29, 1.82) is 0 Å². The fourth-order valence-corrected chi connectivity index (χ4v) is 3.60. The molecule has 1 unspecified atom stereocenters. The minimum atomic E-state index is -0.311. The van der Waals surface area contributed by atoms with E-state index in [2.05, 4.69) is 6.58 Å². The van der Waals surface area contributed by atoms with Crippen molar-refractivity contribution in [1.82, 2.24) is 14.7 Å². The molecule has 3 rings (SSSR count). The number of carbonyl (C=O) groups is 3. The fraction of sp³-hybridized carbons (Fsp3) is 0.500. The van der Waals surface area contributed by atoms with Gasteiger partial charge in [-0.25, -0.2) is 0 Å². The SMILES string of the molecule is C=CCN1CC(C(=O)N2CCCN(C(=O)c3ccc(Cl)o3)CC2)CC1=O. The second-order valence-electron chi connectivity index (χ2n) is 6.56. The van der Waals surface area contributed by atoms with Gasteiger partial charge in [-0.2, -0.15) is 0 Å². The molecule has 3 heterocycles. The van der Waals surface area contributed by atoms with Crippen LogP contribution in [-0.2, 0) is 9.59 Å². The van der Waals surface area contributed by atoms with Crippen LogP contribution >= 0.6 is 11.6 Å². The van der Waals surface area contributed by atoms with E-state index in [1.807, 2.05) is 0 Å². The van der Waals surface area contributed by atoms with Gasteiger partial charge in [-0.15, -0.1) is 6.58 Å². The van der Waals surface area contributed by atoms with Crippen LogP contribution in [0.25, 0.3) is 0 Å². The molecule has 1 aromatic heterocycles. The van der Waals surface area contributed by atoms with Crippen molar-refractivity contribution in [3.63, 3.8) is 0 Å². The number of halogens is 1. The minimum absolute atomic E-state index is 0.00965. The third-order valence-electron chi connectivity index (χ3n) is 4.79. The Bertz CT molecular complexity index is 717.